The van der Waals surface area contributed by atoms with E-state index in [1.54, 1.807) is 23.9 Å². The molecule has 0 fully saturated rings. The van der Waals surface area contributed by atoms with Crippen molar-refractivity contribution >= 4 is 23.6 Å². The molecule has 0 bridgehead atoms. The van der Waals surface area contributed by atoms with Crippen LogP contribution in [0.15, 0.2) is 50.7 Å². The van der Waals surface area contributed by atoms with Crippen LogP contribution in [0, 0.1) is 0 Å². The average molecular weight is 360 g/mol. The minimum absolute atomic E-state index is 0.150. The summed E-state index contributed by atoms with van der Waals surface area (Å²) in [4.78, 5) is 18.9. The van der Waals surface area contributed by atoms with Crippen molar-refractivity contribution in [2.24, 2.45) is 10.7 Å². The van der Waals surface area contributed by atoms with E-state index in [2.05, 4.69) is 45.7 Å². The molecule has 2 aromatic rings. The number of primary amides is 1. The molecule has 25 heavy (non-hydrogen) atoms. The molecular weight excluding hydrogens is 336 g/mol. The molecule has 0 atom stereocenters. The third-order valence-electron chi connectivity index (χ3n) is 3.56. The fourth-order valence-electron chi connectivity index (χ4n) is 2.30. The van der Waals surface area contributed by atoms with E-state index in [-0.39, 0.29) is 5.76 Å². The molecule has 134 valence electrons. The van der Waals surface area contributed by atoms with Crippen molar-refractivity contribution in [3.05, 3.63) is 53.5 Å². The number of nitrogens with one attached hydrogen (secondary N) is 1. The predicted octanol–water partition coefficient (Wildman–Crippen LogP) is 2.70. The third-order valence-corrected chi connectivity index (χ3v) is 4.31. The SMILES string of the molecule is CCNC(=NCc1ccc(C(N)=O)o1)N(C)Cc1ccc(SC)cc1. The van der Waals surface area contributed by atoms with Crippen LogP contribution < -0.4 is 11.1 Å². The number of nitrogens with two attached hydrogens (primary N) is 1. The predicted molar refractivity (Wildman–Crippen MR) is 102 cm³/mol. The second-order valence-corrected chi connectivity index (χ2v) is 6.38. The molecule has 0 unspecified atom stereocenters. The number of carbonyl (C=O) groups is 1. The van der Waals surface area contributed by atoms with E-state index >= 15 is 0 Å². The van der Waals surface area contributed by atoms with E-state index < -0.39 is 5.91 Å². The zero-order valence-electron chi connectivity index (χ0n) is 14.8. The average Bonchev–Trinajstić information content (AvgIpc) is 3.08. The molecule has 1 heterocycles. The molecule has 3 N–H and O–H groups in total. The Kier molecular flexibility index (Phi) is 6.94. The van der Waals surface area contributed by atoms with Gasteiger partial charge >= 0.3 is 0 Å². The van der Waals surface area contributed by atoms with E-state index in [0.717, 1.165) is 19.0 Å². The Labute approximate surface area is 152 Å². The van der Waals surface area contributed by atoms with Crippen LogP contribution in [0.4, 0.5) is 0 Å². The van der Waals surface area contributed by atoms with Gasteiger partial charge in [0.25, 0.3) is 5.91 Å². The first-order valence-electron chi connectivity index (χ1n) is 8.04. The zero-order valence-corrected chi connectivity index (χ0v) is 15.6. The van der Waals surface area contributed by atoms with E-state index in [1.807, 2.05) is 14.0 Å². The molecule has 0 saturated heterocycles. The molecule has 0 radical (unpaired) electrons. The number of rotatable bonds is 7. The molecule has 1 aromatic heterocycles. The molecule has 2 rings (SSSR count). The molecule has 6 nitrogen and oxygen atoms in total. The quantitative estimate of drug-likeness (QED) is 0.451. The number of guanidine groups is 1. The van der Waals surface area contributed by atoms with Crippen LogP contribution in [0.25, 0.3) is 0 Å². The van der Waals surface area contributed by atoms with E-state index in [9.17, 15) is 4.79 Å². The number of amides is 1. The normalized spacial score (nSPS) is 11.4. The zero-order chi connectivity index (χ0) is 18.2. The highest BCUT2D eigenvalue weighted by molar-refractivity contribution is 7.98. The number of carbonyl (C=O) groups excluding carboxylic acids is 1. The summed E-state index contributed by atoms with van der Waals surface area (Å²) in [5, 5.41) is 3.26. The lowest BCUT2D eigenvalue weighted by Gasteiger charge is -2.22. The highest BCUT2D eigenvalue weighted by atomic mass is 32.2. The van der Waals surface area contributed by atoms with Gasteiger partial charge in [-0.25, -0.2) is 4.99 Å². The molecule has 1 aromatic carbocycles. The Morgan fingerprint density at radius 1 is 1.28 bits per heavy atom. The maximum absolute atomic E-state index is 11.1. The fourth-order valence-corrected chi connectivity index (χ4v) is 2.71. The molecule has 1 amide bonds. The van der Waals surface area contributed by atoms with E-state index in [1.165, 1.54) is 10.5 Å². The lowest BCUT2D eigenvalue weighted by molar-refractivity contribution is 0.0972. The van der Waals surface area contributed by atoms with Crippen molar-refractivity contribution in [3.8, 4) is 0 Å². The van der Waals surface area contributed by atoms with Crippen LogP contribution in [0.1, 0.15) is 28.8 Å². The summed E-state index contributed by atoms with van der Waals surface area (Å²) < 4.78 is 5.37. The lowest BCUT2D eigenvalue weighted by Crippen LogP contribution is -2.38. The first kappa shape index (κ1) is 18.9. The minimum atomic E-state index is -0.576. The van der Waals surface area contributed by atoms with Crippen molar-refractivity contribution in [1.82, 2.24) is 10.2 Å². The van der Waals surface area contributed by atoms with E-state index in [4.69, 9.17) is 10.2 Å². The minimum Gasteiger partial charge on any atom is -0.454 e. The summed E-state index contributed by atoms with van der Waals surface area (Å²) in [6, 6.07) is 11.8. The van der Waals surface area contributed by atoms with Gasteiger partial charge in [-0.15, -0.1) is 11.8 Å². The first-order chi connectivity index (χ1) is 12.0. The van der Waals surface area contributed by atoms with Crippen LogP contribution in [0.5, 0.6) is 0 Å². The van der Waals surface area contributed by atoms with Crippen LogP contribution in [0.3, 0.4) is 0 Å². The molecular formula is C18H24N4O2S. The largest absolute Gasteiger partial charge is 0.454 e. The number of benzene rings is 1. The van der Waals surface area contributed by atoms with Gasteiger partial charge in [0.15, 0.2) is 11.7 Å². The standard InChI is InChI=1S/C18H24N4O2S/c1-4-20-18(21-11-14-7-10-16(24-14)17(19)23)22(2)12-13-5-8-15(25-3)9-6-13/h5-10H,4,11-12H2,1-3H3,(H2,19,23)(H,20,21). The number of hydrogen-bond acceptors (Lipinski definition) is 4. The highest BCUT2D eigenvalue weighted by Gasteiger charge is 2.09. The number of nitrogens with zero attached hydrogens (tertiary/aromatic N) is 2. The van der Waals surface area contributed by atoms with Crippen LogP contribution in [0.2, 0.25) is 0 Å². The molecule has 0 aliphatic carbocycles. The van der Waals surface area contributed by atoms with Crippen LogP contribution in [-0.2, 0) is 13.1 Å². The Morgan fingerprint density at radius 3 is 2.56 bits per heavy atom. The number of furan rings is 1. The maximum atomic E-state index is 11.1. The van der Waals surface area contributed by atoms with E-state index in [0.29, 0.717) is 12.3 Å². The van der Waals surface area contributed by atoms with Crippen LogP contribution >= 0.6 is 11.8 Å². The summed E-state index contributed by atoms with van der Waals surface area (Å²) in [7, 11) is 1.99. The van der Waals surface area contributed by atoms with Gasteiger partial charge in [-0.3, -0.25) is 4.79 Å². The Bertz CT molecular complexity index is 725. The highest BCUT2D eigenvalue weighted by Crippen LogP contribution is 2.15. The topological polar surface area (TPSA) is 83.9 Å². The van der Waals surface area contributed by atoms with Gasteiger partial charge in [0.05, 0.1) is 0 Å². The van der Waals surface area contributed by atoms with Gasteiger partial charge in [-0.2, -0.15) is 0 Å². The maximum Gasteiger partial charge on any atom is 0.284 e. The summed E-state index contributed by atoms with van der Waals surface area (Å²) in [5.41, 5.74) is 6.40. The number of hydrogen-bond donors (Lipinski definition) is 2. The molecule has 0 aliphatic heterocycles. The monoisotopic (exact) mass is 360 g/mol. The van der Waals surface area contributed by atoms with Gasteiger partial charge in [0.1, 0.15) is 12.3 Å². The molecule has 7 heteroatoms. The van der Waals surface area contributed by atoms with Gasteiger partial charge in [-0.1, -0.05) is 12.1 Å². The van der Waals surface area contributed by atoms with Crippen molar-refractivity contribution in [2.45, 2.75) is 24.9 Å². The first-order valence-corrected chi connectivity index (χ1v) is 9.26. The third kappa shape index (κ3) is 5.56. The Hall–Kier alpha value is -2.41. The van der Waals surface area contributed by atoms with Crippen LogP contribution in [-0.4, -0.2) is 36.6 Å². The van der Waals surface area contributed by atoms with Gasteiger partial charge in [-0.05, 0) is 43.0 Å². The van der Waals surface area contributed by atoms with Gasteiger partial charge < -0.3 is 20.4 Å². The Balaban J connectivity index is 2.04. The van der Waals surface area contributed by atoms with Gasteiger partial charge in [0.2, 0.25) is 0 Å². The smallest absolute Gasteiger partial charge is 0.284 e. The lowest BCUT2D eigenvalue weighted by atomic mass is 10.2. The Morgan fingerprint density at radius 2 is 2.00 bits per heavy atom. The number of thioether (sulfide) groups is 1. The summed E-state index contributed by atoms with van der Waals surface area (Å²) in [6.45, 7) is 3.87. The molecule has 0 spiro atoms. The second-order valence-electron chi connectivity index (χ2n) is 5.50. The van der Waals surface area contributed by atoms with Crippen molar-refractivity contribution in [1.29, 1.82) is 0 Å². The molecule has 0 saturated carbocycles. The van der Waals surface area contributed by atoms with Gasteiger partial charge in [0, 0.05) is 25.0 Å². The fraction of sp³-hybridized carbons (Fsp3) is 0.333. The number of aliphatic imine (C=N–C) groups is 1. The van der Waals surface area contributed by atoms with Crippen molar-refractivity contribution < 1.29 is 9.21 Å². The second kappa shape index (κ2) is 9.17. The van der Waals surface area contributed by atoms with Crippen molar-refractivity contribution in [3.63, 3.8) is 0 Å². The molecule has 0 aliphatic rings. The van der Waals surface area contributed by atoms with Crippen molar-refractivity contribution in [2.75, 3.05) is 19.8 Å². The summed E-state index contributed by atoms with van der Waals surface area (Å²) >= 11 is 1.73. The summed E-state index contributed by atoms with van der Waals surface area (Å²) in [6.07, 6.45) is 2.06. The summed E-state index contributed by atoms with van der Waals surface area (Å²) in [5.74, 6) is 0.945.